The van der Waals surface area contributed by atoms with Gasteiger partial charge in [-0.2, -0.15) is 0 Å². The van der Waals surface area contributed by atoms with Gasteiger partial charge in [0.2, 0.25) is 0 Å². The minimum atomic E-state index is -0.892. The number of cyclic esters (lactones) is 1. The molecule has 0 aliphatic carbocycles. The molecule has 1 aromatic heterocycles. The molecular weight excluding hydrogens is 368 g/mol. The fourth-order valence-electron chi connectivity index (χ4n) is 3.90. The number of aromatic nitrogens is 2. The van der Waals surface area contributed by atoms with Crippen LogP contribution in [0.3, 0.4) is 0 Å². The van der Waals surface area contributed by atoms with Gasteiger partial charge >= 0.3 is 5.97 Å². The number of hydrogen-bond acceptors (Lipinski definition) is 6. The van der Waals surface area contributed by atoms with Gasteiger partial charge in [-0.05, 0) is 36.6 Å². The Hall–Kier alpha value is -3.48. The van der Waals surface area contributed by atoms with Crippen LogP contribution < -0.4 is 10.2 Å². The lowest BCUT2D eigenvalue weighted by Crippen LogP contribution is -2.38. The van der Waals surface area contributed by atoms with E-state index in [0.717, 1.165) is 37.0 Å². The summed E-state index contributed by atoms with van der Waals surface area (Å²) in [6.07, 6.45) is 1.61. The van der Waals surface area contributed by atoms with Crippen molar-refractivity contribution in [1.82, 2.24) is 9.97 Å². The van der Waals surface area contributed by atoms with Crippen molar-refractivity contribution in [3.63, 3.8) is 0 Å². The monoisotopic (exact) mass is 388 g/mol. The first kappa shape index (κ1) is 17.6. The Morgan fingerprint density at radius 2 is 1.69 bits per heavy atom. The molecule has 146 valence electrons. The lowest BCUT2D eigenvalue weighted by atomic mass is 9.98. The van der Waals surface area contributed by atoms with Crippen LogP contribution >= 0.6 is 0 Å². The quantitative estimate of drug-likeness (QED) is 0.695. The fourth-order valence-corrected chi connectivity index (χ4v) is 3.90. The molecule has 0 radical (unpaired) electrons. The molecule has 2 aliphatic rings. The molecule has 2 aliphatic heterocycles. The van der Waals surface area contributed by atoms with Gasteiger partial charge in [-0.1, -0.05) is 30.3 Å². The number of benzene rings is 2. The average molecular weight is 388 g/mol. The summed E-state index contributed by atoms with van der Waals surface area (Å²) in [6, 6.07) is 14.8. The summed E-state index contributed by atoms with van der Waals surface area (Å²) < 4.78 is 5.39. The van der Waals surface area contributed by atoms with Crippen LogP contribution in [-0.4, -0.2) is 41.0 Å². The van der Waals surface area contributed by atoms with Gasteiger partial charge in [0.25, 0.3) is 5.91 Å². The van der Waals surface area contributed by atoms with Crippen molar-refractivity contribution in [2.24, 2.45) is 0 Å². The highest BCUT2D eigenvalue weighted by Gasteiger charge is 2.32. The third-order valence-corrected chi connectivity index (χ3v) is 5.38. The number of nitrogens with zero attached hydrogens (tertiary/aromatic N) is 3. The second-order valence-corrected chi connectivity index (χ2v) is 7.32. The predicted octanol–water partition coefficient (Wildman–Crippen LogP) is 2.95. The van der Waals surface area contributed by atoms with E-state index in [4.69, 9.17) is 9.72 Å². The molecule has 0 bridgehead atoms. The Morgan fingerprint density at radius 3 is 2.48 bits per heavy atom. The van der Waals surface area contributed by atoms with Crippen molar-refractivity contribution in [2.45, 2.75) is 25.4 Å². The Kier molecular flexibility index (Phi) is 4.35. The summed E-state index contributed by atoms with van der Waals surface area (Å²) in [6.45, 7) is 1.75. The van der Waals surface area contributed by atoms with E-state index in [9.17, 15) is 9.59 Å². The van der Waals surface area contributed by atoms with Gasteiger partial charge < -0.3 is 15.0 Å². The average Bonchev–Trinajstić information content (AvgIpc) is 3.28. The van der Waals surface area contributed by atoms with Gasteiger partial charge in [0, 0.05) is 19.5 Å². The first-order valence-electron chi connectivity index (χ1n) is 9.80. The zero-order valence-corrected chi connectivity index (χ0v) is 15.8. The summed E-state index contributed by atoms with van der Waals surface area (Å²) in [7, 11) is 0. The summed E-state index contributed by atoms with van der Waals surface area (Å²) in [5.41, 5.74) is 2.82. The lowest BCUT2D eigenvalue weighted by molar-refractivity contribution is -0.125. The number of para-hydroxylation sites is 2. The maximum atomic E-state index is 13.0. The summed E-state index contributed by atoms with van der Waals surface area (Å²) in [5.74, 6) is 0.205. The molecule has 7 heteroatoms. The maximum absolute atomic E-state index is 13.0. The van der Waals surface area contributed by atoms with Crippen LogP contribution in [0.15, 0.2) is 48.5 Å². The molecule has 1 saturated heterocycles. The number of nitrogens with one attached hydrogen (secondary N) is 1. The number of carbonyl (C=O) groups excluding carboxylic acids is 2. The molecule has 7 nitrogen and oxygen atoms in total. The van der Waals surface area contributed by atoms with Gasteiger partial charge in [-0.25, -0.2) is 14.8 Å². The molecule has 3 aromatic rings. The molecule has 2 aromatic carbocycles. The number of carbonyl (C=O) groups is 2. The Bertz CT molecular complexity index is 1110. The zero-order valence-electron chi connectivity index (χ0n) is 15.8. The van der Waals surface area contributed by atoms with E-state index in [-0.39, 0.29) is 0 Å². The van der Waals surface area contributed by atoms with Crippen molar-refractivity contribution in [2.75, 3.05) is 23.3 Å². The number of ether oxygens (including phenoxy) is 1. The minimum absolute atomic E-state index is 0.341. The molecule has 1 fully saturated rings. The van der Waals surface area contributed by atoms with E-state index < -0.39 is 18.0 Å². The fraction of sp³-hybridized carbons (Fsp3) is 0.273. The number of amides is 1. The van der Waals surface area contributed by atoms with Crippen LogP contribution in [0.2, 0.25) is 0 Å². The van der Waals surface area contributed by atoms with Crippen LogP contribution in [0.1, 0.15) is 28.8 Å². The number of hydrogen-bond donors (Lipinski definition) is 1. The highest BCUT2D eigenvalue weighted by Crippen LogP contribution is 2.29. The molecule has 0 spiro atoms. The van der Waals surface area contributed by atoms with Gasteiger partial charge in [0.1, 0.15) is 0 Å². The SMILES string of the molecule is O=C1O[C@H](C(=O)Nc2nc3ccccc3nc2N2CCCC2)Cc2ccccc21. The highest BCUT2D eigenvalue weighted by atomic mass is 16.5. The van der Waals surface area contributed by atoms with E-state index in [1.54, 1.807) is 12.1 Å². The van der Waals surface area contributed by atoms with Crippen molar-refractivity contribution in [1.29, 1.82) is 0 Å². The zero-order chi connectivity index (χ0) is 19.8. The van der Waals surface area contributed by atoms with E-state index >= 15 is 0 Å². The standard InChI is InChI=1S/C22H20N4O3/c27-21(18-13-14-7-1-2-8-15(14)22(28)29-18)25-19-20(26-11-5-6-12-26)24-17-10-4-3-9-16(17)23-19/h1-4,7-10,18H,5-6,11-13H2,(H,23,25,27)/t18-/m0/s1. The molecule has 29 heavy (non-hydrogen) atoms. The van der Waals surface area contributed by atoms with Gasteiger partial charge in [0.15, 0.2) is 17.7 Å². The number of rotatable bonds is 3. The van der Waals surface area contributed by atoms with E-state index in [0.29, 0.717) is 29.1 Å². The highest BCUT2D eigenvalue weighted by molar-refractivity contribution is 6.01. The van der Waals surface area contributed by atoms with E-state index in [1.165, 1.54) is 0 Å². The Labute approximate surface area is 167 Å². The number of anilines is 2. The van der Waals surface area contributed by atoms with Crippen LogP contribution in [0.25, 0.3) is 11.0 Å². The summed E-state index contributed by atoms with van der Waals surface area (Å²) in [5, 5.41) is 2.87. The van der Waals surface area contributed by atoms with E-state index in [2.05, 4.69) is 15.2 Å². The van der Waals surface area contributed by atoms with Crippen LogP contribution in [0.5, 0.6) is 0 Å². The Balaban J connectivity index is 1.46. The second-order valence-electron chi connectivity index (χ2n) is 7.32. The molecule has 1 amide bonds. The lowest BCUT2D eigenvalue weighted by Gasteiger charge is -2.25. The molecule has 1 N–H and O–H groups in total. The van der Waals surface area contributed by atoms with E-state index in [1.807, 2.05) is 36.4 Å². The molecule has 1 atom stereocenters. The molecule has 0 saturated carbocycles. The van der Waals surface area contributed by atoms with Gasteiger partial charge in [-0.3, -0.25) is 4.79 Å². The largest absolute Gasteiger partial charge is 0.448 e. The molecular formula is C22H20N4O3. The van der Waals surface area contributed by atoms with Crippen molar-refractivity contribution < 1.29 is 14.3 Å². The number of fused-ring (bicyclic) bond motifs is 2. The first-order chi connectivity index (χ1) is 14.2. The minimum Gasteiger partial charge on any atom is -0.448 e. The Morgan fingerprint density at radius 1 is 1.00 bits per heavy atom. The van der Waals surface area contributed by atoms with Crippen LogP contribution in [0, 0.1) is 0 Å². The van der Waals surface area contributed by atoms with Crippen LogP contribution in [-0.2, 0) is 16.0 Å². The van der Waals surface area contributed by atoms with Crippen molar-refractivity contribution in [3.05, 3.63) is 59.7 Å². The van der Waals surface area contributed by atoms with Crippen molar-refractivity contribution in [3.8, 4) is 0 Å². The molecule has 5 rings (SSSR count). The maximum Gasteiger partial charge on any atom is 0.339 e. The van der Waals surface area contributed by atoms with Gasteiger partial charge in [0.05, 0.1) is 16.6 Å². The second kappa shape index (κ2) is 7.16. The normalized spacial score (nSPS) is 18.4. The summed E-state index contributed by atoms with van der Waals surface area (Å²) >= 11 is 0. The molecule has 0 unspecified atom stereocenters. The number of esters is 1. The topological polar surface area (TPSA) is 84.4 Å². The third kappa shape index (κ3) is 3.29. The van der Waals surface area contributed by atoms with Crippen molar-refractivity contribution >= 4 is 34.5 Å². The summed E-state index contributed by atoms with van der Waals surface area (Å²) in [4.78, 5) is 36.7. The first-order valence-corrected chi connectivity index (χ1v) is 9.80. The third-order valence-electron chi connectivity index (χ3n) is 5.38. The van der Waals surface area contributed by atoms with Gasteiger partial charge in [-0.15, -0.1) is 0 Å². The van der Waals surface area contributed by atoms with Crippen LogP contribution in [0.4, 0.5) is 11.6 Å². The molecule has 3 heterocycles. The predicted molar refractivity (Wildman–Crippen MR) is 109 cm³/mol. The smallest absolute Gasteiger partial charge is 0.339 e.